The first-order chi connectivity index (χ1) is 10.6. The van der Waals surface area contributed by atoms with Gasteiger partial charge in [0.15, 0.2) is 0 Å². The molecular weight excluding hydrogens is 280 g/mol. The van der Waals surface area contributed by atoms with Gasteiger partial charge in [0.05, 0.1) is 12.3 Å². The first-order valence-electron chi connectivity index (χ1n) is 6.73. The first-order valence-corrected chi connectivity index (χ1v) is 6.73. The van der Waals surface area contributed by atoms with Crippen LogP contribution in [0.25, 0.3) is 16.8 Å². The topological polar surface area (TPSA) is 83.2 Å². The average Bonchev–Trinajstić information content (AvgIpc) is 2.89. The molecule has 0 bridgehead atoms. The predicted molar refractivity (Wildman–Crippen MR) is 81.4 cm³/mol. The van der Waals surface area contributed by atoms with Crippen LogP contribution >= 0.6 is 0 Å². The van der Waals surface area contributed by atoms with Crippen molar-refractivity contribution >= 4 is 5.65 Å². The number of imidazole rings is 1. The van der Waals surface area contributed by atoms with Crippen LogP contribution in [0.3, 0.4) is 0 Å². The number of nitrogens with one attached hydrogen (secondary N) is 1. The maximum absolute atomic E-state index is 11.6. The van der Waals surface area contributed by atoms with Crippen LogP contribution in [0.1, 0.15) is 17.0 Å². The minimum absolute atomic E-state index is 0.103. The number of fused-ring (bicyclic) bond motifs is 1. The van der Waals surface area contributed by atoms with Gasteiger partial charge in [-0.1, -0.05) is 0 Å². The molecular formula is C16H14N4O2. The van der Waals surface area contributed by atoms with E-state index in [0.29, 0.717) is 6.61 Å². The molecule has 0 unspecified atom stereocenters. The summed E-state index contributed by atoms with van der Waals surface area (Å²) in [4.78, 5) is 18.8. The molecule has 6 heteroatoms. The molecule has 0 amide bonds. The van der Waals surface area contributed by atoms with Crippen LogP contribution < -0.4 is 5.56 Å². The van der Waals surface area contributed by atoms with Crippen LogP contribution in [0.4, 0.5) is 0 Å². The number of nitrogens with zero attached hydrogens (tertiary/aromatic N) is 3. The van der Waals surface area contributed by atoms with Crippen LogP contribution in [-0.2, 0) is 11.3 Å². The van der Waals surface area contributed by atoms with Crippen LogP contribution in [0, 0.1) is 18.3 Å². The largest absolute Gasteiger partial charge is 0.378 e. The van der Waals surface area contributed by atoms with Gasteiger partial charge in [-0.05, 0) is 25.1 Å². The third-order valence-electron chi connectivity index (χ3n) is 3.46. The molecule has 0 aliphatic heterocycles. The van der Waals surface area contributed by atoms with Crippen molar-refractivity contribution in [2.24, 2.45) is 0 Å². The Bertz CT molecular complexity index is 947. The summed E-state index contributed by atoms with van der Waals surface area (Å²) in [7, 11) is 1.63. The summed E-state index contributed by atoms with van der Waals surface area (Å²) in [6.07, 6.45) is 3.82. The Labute approximate surface area is 126 Å². The third kappa shape index (κ3) is 2.38. The maximum atomic E-state index is 11.6. The van der Waals surface area contributed by atoms with Gasteiger partial charge in [-0.15, -0.1) is 0 Å². The summed E-state index contributed by atoms with van der Waals surface area (Å²) in [5.74, 6) is 0. The number of H-pyrrole nitrogens is 1. The molecule has 3 rings (SSSR count). The number of rotatable bonds is 3. The molecule has 3 heterocycles. The van der Waals surface area contributed by atoms with E-state index in [0.717, 1.165) is 28.2 Å². The molecule has 0 atom stereocenters. The second-order valence-corrected chi connectivity index (χ2v) is 5.01. The third-order valence-corrected chi connectivity index (χ3v) is 3.46. The Morgan fingerprint density at radius 1 is 1.41 bits per heavy atom. The van der Waals surface area contributed by atoms with Crippen LogP contribution in [0.15, 0.2) is 35.4 Å². The highest BCUT2D eigenvalue weighted by Gasteiger charge is 2.09. The zero-order valence-electron chi connectivity index (χ0n) is 12.3. The normalized spacial score (nSPS) is 10.8. The Balaban J connectivity index is 2.14. The molecule has 0 aliphatic rings. The van der Waals surface area contributed by atoms with E-state index < -0.39 is 0 Å². The molecule has 0 saturated heterocycles. The molecule has 110 valence electrons. The van der Waals surface area contributed by atoms with E-state index in [9.17, 15) is 4.79 Å². The molecule has 0 aliphatic carbocycles. The van der Waals surface area contributed by atoms with Crippen LogP contribution in [0.5, 0.6) is 0 Å². The molecule has 1 N–H and O–H groups in total. The van der Waals surface area contributed by atoms with Gasteiger partial charge < -0.3 is 14.1 Å². The molecule has 3 aromatic heterocycles. The lowest BCUT2D eigenvalue weighted by Crippen LogP contribution is -2.12. The average molecular weight is 294 g/mol. The summed E-state index contributed by atoms with van der Waals surface area (Å²) in [5.41, 5.74) is 3.84. The second-order valence-electron chi connectivity index (χ2n) is 5.01. The van der Waals surface area contributed by atoms with E-state index in [-0.39, 0.29) is 11.1 Å². The standard InChI is InChI=1S/C16H14N4O2/c1-10-14(5-12(6-17)16(21)18-10)11-3-4-15-19-13(9-22-2)8-20(15)7-11/h3-5,7-8H,9H2,1-2H3,(H,18,21). The Morgan fingerprint density at radius 3 is 2.95 bits per heavy atom. The number of ether oxygens (including phenoxy) is 1. The fourth-order valence-corrected chi connectivity index (χ4v) is 2.43. The molecule has 3 aromatic rings. The molecule has 0 spiro atoms. The SMILES string of the molecule is COCc1cn2cc(-c3cc(C#N)c(=O)[nH]c3C)ccc2n1. The van der Waals surface area contributed by atoms with Crippen molar-refractivity contribution in [1.82, 2.24) is 14.4 Å². The highest BCUT2D eigenvalue weighted by atomic mass is 16.5. The number of hydrogen-bond acceptors (Lipinski definition) is 4. The smallest absolute Gasteiger partial charge is 0.266 e. The zero-order valence-corrected chi connectivity index (χ0v) is 12.3. The molecule has 22 heavy (non-hydrogen) atoms. The zero-order chi connectivity index (χ0) is 15.7. The lowest BCUT2D eigenvalue weighted by atomic mass is 10.0. The first kappa shape index (κ1) is 14.0. The quantitative estimate of drug-likeness (QED) is 0.801. The summed E-state index contributed by atoms with van der Waals surface area (Å²) < 4.78 is 6.99. The van der Waals surface area contributed by atoms with Gasteiger partial charge >= 0.3 is 0 Å². The van der Waals surface area contributed by atoms with Crippen LogP contribution in [-0.4, -0.2) is 21.5 Å². The second kappa shape index (κ2) is 5.47. The summed E-state index contributed by atoms with van der Waals surface area (Å²) in [6.45, 7) is 2.26. The van der Waals surface area contributed by atoms with E-state index in [1.807, 2.05) is 41.9 Å². The summed E-state index contributed by atoms with van der Waals surface area (Å²) >= 11 is 0. The Hall–Kier alpha value is -2.91. The van der Waals surface area contributed by atoms with E-state index in [1.54, 1.807) is 13.2 Å². The van der Waals surface area contributed by atoms with E-state index in [2.05, 4.69) is 9.97 Å². The van der Waals surface area contributed by atoms with Gasteiger partial charge in [-0.3, -0.25) is 4.79 Å². The van der Waals surface area contributed by atoms with Crippen molar-refractivity contribution in [1.29, 1.82) is 5.26 Å². The minimum atomic E-state index is -0.366. The van der Waals surface area contributed by atoms with Crippen molar-refractivity contribution in [3.05, 3.63) is 57.9 Å². The number of aromatic nitrogens is 3. The van der Waals surface area contributed by atoms with Gasteiger partial charge in [0, 0.05) is 36.3 Å². The van der Waals surface area contributed by atoms with E-state index >= 15 is 0 Å². The van der Waals surface area contributed by atoms with E-state index in [1.165, 1.54) is 0 Å². The predicted octanol–water partition coefficient (Wildman–Crippen LogP) is 2.02. The highest BCUT2D eigenvalue weighted by Crippen LogP contribution is 2.22. The highest BCUT2D eigenvalue weighted by molar-refractivity contribution is 5.68. The number of pyridine rings is 2. The van der Waals surface area contributed by atoms with Crippen molar-refractivity contribution in [2.75, 3.05) is 7.11 Å². The molecule has 0 radical (unpaired) electrons. The number of aryl methyl sites for hydroxylation is 1. The van der Waals surface area contributed by atoms with E-state index in [4.69, 9.17) is 10.00 Å². The summed E-state index contributed by atoms with van der Waals surface area (Å²) in [6, 6.07) is 7.34. The van der Waals surface area contributed by atoms with Crippen molar-refractivity contribution in [3.8, 4) is 17.2 Å². The fourth-order valence-electron chi connectivity index (χ4n) is 2.43. The van der Waals surface area contributed by atoms with Crippen molar-refractivity contribution < 1.29 is 4.74 Å². The molecule has 0 fully saturated rings. The van der Waals surface area contributed by atoms with Gasteiger partial charge in [-0.25, -0.2) is 4.98 Å². The Morgan fingerprint density at radius 2 is 2.23 bits per heavy atom. The molecule has 0 saturated carbocycles. The molecule has 6 nitrogen and oxygen atoms in total. The van der Waals surface area contributed by atoms with Gasteiger partial charge in [0.2, 0.25) is 0 Å². The maximum Gasteiger partial charge on any atom is 0.266 e. The van der Waals surface area contributed by atoms with Gasteiger partial charge in [-0.2, -0.15) is 5.26 Å². The monoisotopic (exact) mass is 294 g/mol. The Kier molecular flexibility index (Phi) is 3.49. The number of hydrogen-bond donors (Lipinski definition) is 1. The fraction of sp³-hybridized carbons (Fsp3) is 0.188. The molecule has 0 aromatic carbocycles. The summed E-state index contributed by atoms with van der Waals surface area (Å²) in [5, 5.41) is 9.02. The van der Waals surface area contributed by atoms with Crippen molar-refractivity contribution in [3.63, 3.8) is 0 Å². The van der Waals surface area contributed by atoms with Gasteiger partial charge in [0.25, 0.3) is 5.56 Å². The minimum Gasteiger partial charge on any atom is -0.378 e. The van der Waals surface area contributed by atoms with Crippen molar-refractivity contribution in [2.45, 2.75) is 13.5 Å². The number of nitriles is 1. The van der Waals surface area contributed by atoms with Crippen LogP contribution in [0.2, 0.25) is 0 Å². The van der Waals surface area contributed by atoms with Gasteiger partial charge in [0.1, 0.15) is 17.3 Å². The number of aromatic amines is 1. The lowest BCUT2D eigenvalue weighted by Gasteiger charge is -2.07. The number of methoxy groups -OCH3 is 1. The lowest BCUT2D eigenvalue weighted by molar-refractivity contribution is 0.182.